The number of rotatable bonds is 22. The number of likely N-dealkylation sites (N-methyl/N-ethyl adjacent to an activating group) is 1. The fourth-order valence-electron chi connectivity index (χ4n) is 9.35. The molecular formula is C70H120F3N6O3+. The zero-order chi connectivity index (χ0) is 62.6. The number of fused-ring (bicyclic) bond motifs is 1. The molecule has 1 saturated carbocycles. The zero-order valence-corrected chi connectivity index (χ0v) is 55.7. The van der Waals surface area contributed by atoms with Gasteiger partial charge in [0.1, 0.15) is 36.0 Å². The van der Waals surface area contributed by atoms with Gasteiger partial charge >= 0.3 is 0 Å². The van der Waals surface area contributed by atoms with E-state index in [0.29, 0.717) is 47.6 Å². The number of aryl methyl sites for hydroxylation is 4. The maximum atomic E-state index is 14.0. The Morgan fingerprint density at radius 1 is 0.768 bits per heavy atom. The van der Waals surface area contributed by atoms with Gasteiger partial charge in [-0.1, -0.05) is 198 Å². The monoisotopic (exact) mass is 1150 g/mol. The van der Waals surface area contributed by atoms with Gasteiger partial charge in [0, 0.05) is 56.0 Å². The average Bonchev–Trinajstić information content (AvgIpc) is 4.14. The van der Waals surface area contributed by atoms with Crippen LogP contribution in [0.4, 0.5) is 19.1 Å². The third-order valence-corrected chi connectivity index (χ3v) is 14.8. The Morgan fingerprint density at radius 3 is 1.83 bits per heavy atom. The molecule has 468 valence electrons. The lowest BCUT2D eigenvalue weighted by Crippen LogP contribution is -2.44. The Morgan fingerprint density at radius 2 is 1.34 bits per heavy atom. The maximum Gasteiger partial charge on any atom is 0.219 e. The first-order valence-electron chi connectivity index (χ1n) is 31.8. The first kappa shape index (κ1) is 79.1. The predicted molar refractivity (Wildman–Crippen MR) is 348 cm³/mol. The summed E-state index contributed by atoms with van der Waals surface area (Å²) >= 11 is 0. The third-order valence-electron chi connectivity index (χ3n) is 14.8. The first-order chi connectivity index (χ1) is 39.0. The molecule has 3 atom stereocenters. The van der Waals surface area contributed by atoms with Crippen LogP contribution in [-0.4, -0.2) is 72.6 Å². The number of methoxy groups -OCH3 is 1. The number of aldehydes is 1. The van der Waals surface area contributed by atoms with Gasteiger partial charge in [0.25, 0.3) is 0 Å². The number of anilines is 1. The highest BCUT2D eigenvalue weighted by Gasteiger charge is 2.29. The van der Waals surface area contributed by atoms with Crippen molar-refractivity contribution in [3.05, 3.63) is 100 Å². The van der Waals surface area contributed by atoms with E-state index in [9.17, 15) is 22.8 Å². The fourth-order valence-corrected chi connectivity index (χ4v) is 9.35. The number of unbranched alkanes of at least 4 members (excludes halogenated alkanes) is 4. The Labute approximate surface area is 500 Å². The molecule has 1 amide bonds. The molecule has 82 heavy (non-hydrogen) atoms. The molecule has 2 aromatic heterocycles. The number of benzene rings is 2. The molecule has 1 fully saturated rings. The average molecular weight is 1150 g/mol. The summed E-state index contributed by atoms with van der Waals surface area (Å²) in [5.41, 5.74) is 7.25. The Kier molecular flexibility index (Phi) is 45.7. The summed E-state index contributed by atoms with van der Waals surface area (Å²) < 4.78 is 46.9. The molecule has 2 N–H and O–H groups in total. The minimum atomic E-state index is -0.521. The van der Waals surface area contributed by atoms with Crippen LogP contribution in [0.3, 0.4) is 0 Å². The third kappa shape index (κ3) is 34.6. The molecule has 2 aromatic carbocycles. The number of carbonyl (C=O) groups excluding carboxylic acids is 2. The maximum absolute atomic E-state index is 14.0. The number of pyridine rings is 1. The second kappa shape index (κ2) is 47.4. The number of nitrogens with zero attached hydrogens (tertiary/aromatic N) is 4. The fraction of sp³-hybridized carbons (Fsp3) is 0.657. The van der Waals surface area contributed by atoms with Crippen molar-refractivity contribution in [1.82, 2.24) is 19.9 Å². The second-order valence-corrected chi connectivity index (χ2v) is 22.8. The zero-order valence-electron chi connectivity index (χ0n) is 55.7. The summed E-state index contributed by atoms with van der Waals surface area (Å²) in [6.07, 6.45) is 28.8. The quantitative estimate of drug-likeness (QED) is 0.0462. The molecule has 1 aliphatic carbocycles. The van der Waals surface area contributed by atoms with Crippen molar-refractivity contribution < 1.29 is 32.0 Å². The van der Waals surface area contributed by atoms with E-state index in [-0.39, 0.29) is 11.7 Å². The summed E-state index contributed by atoms with van der Waals surface area (Å²) in [5, 5.41) is 5.78. The molecule has 0 bridgehead atoms. The molecule has 6 rings (SSSR count). The van der Waals surface area contributed by atoms with Gasteiger partial charge in [-0.15, -0.1) is 0 Å². The number of amides is 1. The highest BCUT2D eigenvalue weighted by atomic mass is 19.1. The van der Waals surface area contributed by atoms with Gasteiger partial charge in [-0.05, 0) is 86.4 Å². The molecule has 0 radical (unpaired) electrons. The van der Waals surface area contributed by atoms with E-state index in [1.165, 1.54) is 134 Å². The minimum absolute atomic E-state index is 0.00292. The van der Waals surface area contributed by atoms with Crippen molar-refractivity contribution in [2.75, 3.05) is 46.7 Å². The van der Waals surface area contributed by atoms with Gasteiger partial charge in [0.15, 0.2) is 0 Å². The van der Waals surface area contributed by atoms with Crippen LogP contribution in [0.1, 0.15) is 245 Å². The molecule has 12 heteroatoms. The van der Waals surface area contributed by atoms with Crippen LogP contribution in [0.15, 0.2) is 54.8 Å². The van der Waals surface area contributed by atoms with Gasteiger partial charge in [0.05, 0.1) is 56.5 Å². The first-order valence-corrected chi connectivity index (χ1v) is 31.8. The lowest BCUT2D eigenvalue weighted by atomic mass is 9.84. The van der Waals surface area contributed by atoms with Gasteiger partial charge in [-0.2, -0.15) is 0 Å². The van der Waals surface area contributed by atoms with Crippen LogP contribution in [0.25, 0.3) is 22.3 Å². The Hall–Kier alpha value is -4.97. The predicted octanol–water partition coefficient (Wildman–Crippen LogP) is 20.1. The van der Waals surface area contributed by atoms with Crippen LogP contribution < -0.4 is 10.6 Å². The van der Waals surface area contributed by atoms with E-state index in [2.05, 4.69) is 105 Å². The second-order valence-electron chi connectivity index (χ2n) is 22.8. The van der Waals surface area contributed by atoms with Crippen molar-refractivity contribution in [3.63, 3.8) is 0 Å². The summed E-state index contributed by atoms with van der Waals surface area (Å²) in [4.78, 5) is 29.6. The lowest BCUT2D eigenvalue weighted by Gasteiger charge is -2.35. The summed E-state index contributed by atoms with van der Waals surface area (Å²) in [5.74, 6) is 3.21. The van der Waals surface area contributed by atoms with Crippen LogP contribution in [-0.2, 0) is 21.4 Å². The molecule has 3 heterocycles. The highest BCUT2D eigenvalue weighted by molar-refractivity contribution is 5.83. The summed E-state index contributed by atoms with van der Waals surface area (Å²) in [6.45, 7) is 36.1. The van der Waals surface area contributed by atoms with Gasteiger partial charge < -0.3 is 29.2 Å². The van der Waals surface area contributed by atoms with E-state index in [1.54, 1.807) is 28.0 Å². The SMILES string of the molecule is C1CCCC1.C=C(Nc1nc2cc(F)c(C)cc2n1C)c1cc(C)nc(C2=C(OC)CC[N+](C)(C)C2)c1.CC.CCCC.CCCCC(C)CCC.CCCCC(CCC)C(C)CC.CNC(=O)CCCC=O.Cc1cc(F)cc(F)c1. The van der Waals surface area contributed by atoms with Crippen LogP contribution in [0.5, 0.6) is 0 Å². The number of aromatic nitrogens is 3. The van der Waals surface area contributed by atoms with Crippen molar-refractivity contribution in [1.29, 1.82) is 0 Å². The van der Waals surface area contributed by atoms with Crippen LogP contribution in [0, 0.1) is 56.0 Å². The van der Waals surface area contributed by atoms with E-state index < -0.39 is 11.6 Å². The van der Waals surface area contributed by atoms with Crippen molar-refractivity contribution in [3.8, 4) is 0 Å². The number of ether oxygens (including phenoxy) is 1. The van der Waals surface area contributed by atoms with Gasteiger partial charge in [-0.3, -0.25) is 9.78 Å². The number of quaternary nitrogens is 1. The lowest BCUT2D eigenvalue weighted by molar-refractivity contribution is -0.884. The van der Waals surface area contributed by atoms with Crippen molar-refractivity contribution in [2.24, 2.45) is 24.8 Å². The largest absolute Gasteiger partial charge is 0.500 e. The van der Waals surface area contributed by atoms with Crippen molar-refractivity contribution >= 4 is 40.4 Å². The standard InChI is InChI=1S/C25H31FN5O.C12H26.C9H20.C7H6F2.C6H11NO2.C5H10.C4H10.C2H6/c1-15-10-23-22(13-20(15)26)29-25(30(23)4)28-17(3)18-11-16(2)27-21(12-18)19-14-31(5,6)9-8-24(19)32-7;1-5-8-10-12(9-6-2)11(4)7-3;1-4-6-8-9(3)7-5-2;1-5-2-6(8)4-7(9)3-5;1-7-6(9)4-2-3-5-8;1-2-4-5-3-1;1-3-4-2;1-2/h10-13H,3,8-9,14H2,1-2,4-7H3,(H,28,29);11-12H,5-10H2,1-4H3;9H,4-8H2,1-3H3;2-4H,1H3;5H,2-4H2,1H3,(H,7,9);1-5H2;3-4H2,1-2H3;1-2H3/q+1;;;;;;;. The molecule has 9 nitrogen and oxygen atoms in total. The Bertz CT molecular complexity index is 2300. The normalized spacial score (nSPS) is 13.9. The number of nitrogens with one attached hydrogen (secondary N) is 2. The van der Waals surface area contributed by atoms with E-state index >= 15 is 0 Å². The minimum Gasteiger partial charge on any atom is -0.500 e. The molecular weight excluding hydrogens is 1030 g/mol. The van der Waals surface area contributed by atoms with Crippen LogP contribution >= 0.6 is 0 Å². The number of hydrogen-bond donors (Lipinski definition) is 2. The Balaban J connectivity index is 0. The molecule has 1 aliphatic heterocycles. The molecule has 4 aromatic rings. The highest BCUT2D eigenvalue weighted by Crippen LogP contribution is 2.31. The van der Waals surface area contributed by atoms with E-state index in [1.807, 2.05) is 44.5 Å². The number of hydrogen-bond acceptors (Lipinski definition) is 6. The summed E-state index contributed by atoms with van der Waals surface area (Å²) in [6, 6.07) is 10.7. The number of imidazole rings is 1. The van der Waals surface area contributed by atoms with Crippen LogP contribution in [0.2, 0.25) is 0 Å². The van der Waals surface area contributed by atoms with Gasteiger partial charge in [-0.25, -0.2) is 18.2 Å². The molecule has 0 saturated heterocycles. The van der Waals surface area contributed by atoms with E-state index in [0.717, 1.165) is 87.9 Å². The topological polar surface area (TPSA) is 98.1 Å². The van der Waals surface area contributed by atoms with Crippen molar-refractivity contribution in [2.45, 2.75) is 238 Å². The smallest absolute Gasteiger partial charge is 0.219 e. The van der Waals surface area contributed by atoms with E-state index in [4.69, 9.17) is 9.72 Å². The number of carbonyl (C=O) groups is 2. The molecule has 3 unspecified atom stereocenters. The molecule has 2 aliphatic rings. The summed E-state index contributed by atoms with van der Waals surface area (Å²) in [7, 11) is 9.67. The van der Waals surface area contributed by atoms with Gasteiger partial charge in [0.2, 0.25) is 11.9 Å². The molecule has 0 spiro atoms. The number of halogens is 3.